The van der Waals surface area contributed by atoms with Gasteiger partial charge in [-0.1, -0.05) is 6.07 Å². The molecule has 0 unspecified atom stereocenters. The molecule has 0 saturated carbocycles. The molecule has 1 aromatic carbocycles. The van der Waals surface area contributed by atoms with Crippen LogP contribution in [0.15, 0.2) is 47.8 Å². The van der Waals surface area contributed by atoms with Crippen molar-refractivity contribution in [2.75, 3.05) is 6.79 Å². The maximum absolute atomic E-state index is 12.4. The molecule has 0 aliphatic carbocycles. The quantitative estimate of drug-likeness (QED) is 0.713. The summed E-state index contributed by atoms with van der Waals surface area (Å²) in [6.07, 6.45) is 4.72. The summed E-state index contributed by atoms with van der Waals surface area (Å²) >= 11 is 0. The van der Waals surface area contributed by atoms with Gasteiger partial charge in [-0.3, -0.25) is 14.3 Å². The highest BCUT2D eigenvalue weighted by Gasteiger charge is 2.13. The Morgan fingerprint density at radius 1 is 1.19 bits per heavy atom. The monoisotopic (exact) mass is 281 g/mol. The van der Waals surface area contributed by atoms with Crippen molar-refractivity contribution in [2.45, 2.75) is 6.54 Å². The van der Waals surface area contributed by atoms with Crippen LogP contribution in [0.5, 0.6) is 11.5 Å². The molecule has 104 valence electrons. The summed E-state index contributed by atoms with van der Waals surface area (Å²) in [6.45, 7) is 0.662. The molecule has 0 atom stereocenters. The van der Waals surface area contributed by atoms with Crippen LogP contribution >= 0.6 is 0 Å². The lowest BCUT2D eigenvalue weighted by Crippen LogP contribution is -2.21. The molecular formula is C15H11N3O3. The smallest absolute Gasteiger partial charge is 0.263 e. The minimum Gasteiger partial charge on any atom is -0.454 e. The van der Waals surface area contributed by atoms with E-state index in [9.17, 15) is 4.79 Å². The van der Waals surface area contributed by atoms with Crippen LogP contribution in [0.25, 0.3) is 10.9 Å². The third-order valence-electron chi connectivity index (χ3n) is 3.42. The van der Waals surface area contributed by atoms with Crippen LogP contribution < -0.4 is 15.0 Å². The van der Waals surface area contributed by atoms with Crippen LogP contribution in [0, 0.1) is 0 Å². The number of ether oxygens (including phenoxy) is 2. The number of nitrogens with zero attached hydrogens (tertiary/aromatic N) is 3. The highest BCUT2D eigenvalue weighted by atomic mass is 16.7. The van der Waals surface area contributed by atoms with Gasteiger partial charge in [-0.15, -0.1) is 0 Å². The van der Waals surface area contributed by atoms with Gasteiger partial charge in [0.2, 0.25) is 6.79 Å². The van der Waals surface area contributed by atoms with Gasteiger partial charge in [-0.25, -0.2) is 4.98 Å². The Morgan fingerprint density at radius 2 is 2.10 bits per heavy atom. The van der Waals surface area contributed by atoms with Crippen LogP contribution in [-0.2, 0) is 6.54 Å². The second kappa shape index (κ2) is 4.59. The van der Waals surface area contributed by atoms with E-state index in [4.69, 9.17) is 9.47 Å². The summed E-state index contributed by atoms with van der Waals surface area (Å²) in [4.78, 5) is 20.7. The standard InChI is InChI=1S/C15H11N3O3/c19-15-11-6-16-4-3-12(11)17-8-18(15)7-10-1-2-13-14(5-10)21-9-20-13/h1-6,8H,7,9H2. The maximum Gasteiger partial charge on any atom is 0.263 e. The first kappa shape index (κ1) is 11.9. The second-order valence-corrected chi connectivity index (χ2v) is 4.76. The molecule has 6 nitrogen and oxygen atoms in total. The van der Waals surface area contributed by atoms with Gasteiger partial charge in [0.15, 0.2) is 11.5 Å². The SMILES string of the molecule is O=c1c2cnccc2ncn1Cc1ccc2c(c1)OCO2. The summed E-state index contributed by atoms with van der Waals surface area (Å²) in [5, 5.41) is 0.515. The van der Waals surface area contributed by atoms with Gasteiger partial charge in [0, 0.05) is 12.4 Å². The third-order valence-corrected chi connectivity index (χ3v) is 3.42. The Hall–Kier alpha value is -2.89. The van der Waals surface area contributed by atoms with Crippen LogP contribution in [0.2, 0.25) is 0 Å². The Kier molecular flexibility index (Phi) is 2.60. The molecule has 21 heavy (non-hydrogen) atoms. The van der Waals surface area contributed by atoms with Crippen molar-refractivity contribution in [1.82, 2.24) is 14.5 Å². The fraction of sp³-hybridized carbons (Fsp3) is 0.133. The van der Waals surface area contributed by atoms with Gasteiger partial charge in [0.25, 0.3) is 5.56 Å². The maximum atomic E-state index is 12.4. The zero-order valence-electron chi connectivity index (χ0n) is 11.0. The lowest BCUT2D eigenvalue weighted by atomic mass is 10.2. The molecule has 0 spiro atoms. The normalized spacial score (nSPS) is 12.8. The lowest BCUT2D eigenvalue weighted by molar-refractivity contribution is 0.174. The van der Waals surface area contributed by atoms with Gasteiger partial charge in [-0.05, 0) is 23.8 Å². The summed E-state index contributed by atoms with van der Waals surface area (Å²) in [5.41, 5.74) is 1.49. The molecule has 0 saturated heterocycles. The minimum absolute atomic E-state index is 0.106. The first-order valence-electron chi connectivity index (χ1n) is 6.49. The zero-order chi connectivity index (χ0) is 14.2. The average molecular weight is 281 g/mol. The first-order valence-corrected chi connectivity index (χ1v) is 6.49. The van der Waals surface area contributed by atoms with Crippen molar-refractivity contribution >= 4 is 10.9 Å². The molecule has 2 aromatic heterocycles. The number of hydrogen-bond donors (Lipinski definition) is 0. The van der Waals surface area contributed by atoms with E-state index in [0.29, 0.717) is 23.2 Å². The van der Waals surface area contributed by atoms with Crippen molar-refractivity contribution in [3.05, 3.63) is 58.9 Å². The van der Waals surface area contributed by atoms with E-state index in [0.717, 1.165) is 11.3 Å². The van der Waals surface area contributed by atoms with Crippen molar-refractivity contribution < 1.29 is 9.47 Å². The van der Waals surface area contributed by atoms with Crippen molar-refractivity contribution in [2.24, 2.45) is 0 Å². The lowest BCUT2D eigenvalue weighted by Gasteiger charge is -2.07. The molecule has 0 fully saturated rings. The second-order valence-electron chi connectivity index (χ2n) is 4.76. The Bertz CT molecular complexity index is 889. The van der Waals surface area contributed by atoms with Crippen molar-refractivity contribution in [1.29, 1.82) is 0 Å². The first-order chi connectivity index (χ1) is 10.3. The van der Waals surface area contributed by atoms with Gasteiger partial charge >= 0.3 is 0 Å². The van der Waals surface area contributed by atoms with Crippen LogP contribution in [0.1, 0.15) is 5.56 Å². The van der Waals surface area contributed by atoms with Gasteiger partial charge in [0.05, 0.1) is 23.8 Å². The average Bonchev–Trinajstić information content (AvgIpc) is 2.98. The number of hydrogen-bond acceptors (Lipinski definition) is 5. The molecular weight excluding hydrogens is 270 g/mol. The van der Waals surface area contributed by atoms with Crippen molar-refractivity contribution in [3.8, 4) is 11.5 Å². The van der Waals surface area contributed by atoms with E-state index in [1.165, 1.54) is 0 Å². The highest BCUT2D eigenvalue weighted by Crippen LogP contribution is 2.32. The molecule has 0 bridgehead atoms. The number of pyridine rings is 1. The van der Waals surface area contributed by atoms with E-state index in [1.807, 2.05) is 18.2 Å². The van der Waals surface area contributed by atoms with Crippen LogP contribution in [0.3, 0.4) is 0 Å². The van der Waals surface area contributed by atoms with E-state index < -0.39 is 0 Å². The largest absolute Gasteiger partial charge is 0.454 e. The number of aromatic nitrogens is 3. The molecule has 6 heteroatoms. The topological polar surface area (TPSA) is 66.2 Å². The Balaban J connectivity index is 1.74. The molecule has 3 aromatic rings. The van der Waals surface area contributed by atoms with Crippen molar-refractivity contribution in [3.63, 3.8) is 0 Å². The van der Waals surface area contributed by atoms with E-state index >= 15 is 0 Å². The minimum atomic E-state index is -0.106. The number of benzene rings is 1. The molecule has 0 radical (unpaired) electrons. The third kappa shape index (κ3) is 2.01. The molecule has 3 heterocycles. The number of fused-ring (bicyclic) bond motifs is 2. The van der Waals surface area contributed by atoms with Crippen LogP contribution in [0.4, 0.5) is 0 Å². The molecule has 0 N–H and O–H groups in total. The van der Waals surface area contributed by atoms with Gasteiger partial charge < -0.3 is 9.47 Å². The van der Waals surface area contributed by atoms with Gasteiger partial charge in [-0.2, -0.15) is 0 Å². The fourth-order valence-corrected chi connectivity index (χ4v) is 2.35. The van der Waals surface area contributed by atoms with Crippen LogP contribution in [-0.4, -0.2) is 21.3 Å². The highest BCUT2D eigenvalue weighted by molar-refractivity contribution is 5.75. The molecule has 1 aliphatic heterocycles. The van der Waals surface area contributed by atoms with E-state index in [2.05, 4.69) is 9.97 Å². The summed E-state index contributed by atoms with van der Waals surface area (Å²) < 4.78 is 12.2. The zero-order valence-corrected chi connectivity index (χ0v) is 11.0. The fourth-order valence-electron chi connectivity index (χ4n) is 2.35. The van der Waals surface area contributed by atoms with Gasteiger partial charge in [0.1, 0.15) is 0 Å². The predicted octanol–water partition coefficient (Wildman–Crippen LogP) is 1.57. The Labute approximate surface area is 119 Å². The predicted molar refractivity (Wildman–Crippen MR) is 75.5 cm³/mol. The molecule has 4 rings (SSSR count). The molecule has 0 amide bonds. The molecule has 1 aliphatic rings. The van der Waals surface area contributed by atoms with E-state index in [-0.39, 0.29) is 12.4 Å². The van der Waals surface area contributed by atoms with E-state index in [1.54, 1.807) is 29.4 Å². The summed E-state index contributed by atoms with van der Waals surface area (Å²) in [7, 11) is 0. The Morgan fingerprint density at radius 3 is 3.05 bits per heavy atom. The number of rotatable bonds is 2. The summed E-state index contributed by atoms with van der Waals surface area (Å²) in [6, 6.07) is 7.36. The summed E-state index contributed by atoms with van der Waals surface area (Å²) in [5.74, 6) is 1.43.